The highest BCUT2D eigenvalue weighted by atomic mass is 16.5. The maximum absolute atomic E-state index is 12.5. The van der Waals surface area contributed by atoms with Crippen molar-refractivity contribution >= 4 is 5.97 Å². The average Bonchev–Trinajstić information content (AvgIpc) is 2.66. The quantitative estimate of drug-likeness (QED) is 0.662. The van der Waals surface area contributed by atoms with Gasteiger partial charge in [0.2, 0.25) is 0 Å². The molecule has 3 aromatic rings. The Morgan fingerprint density at radius 2 is 1.96 bits per heavy atom. The molecule has 2 aromatic heterocycles. The lowest BCUT2D eigenvalue weighted by Gasteiger charge is -2.25. The first kappa shape index (κ1) is 17.0. The lowest BCUT2D eigenvalue weighted by atomic mass is 9.87. The molecule has 0 saturated heterocycles. The molecule has 27 heavy (non-hydrogen) atoms. The van der Waals surface area contributed by atoms with Crippen molar-refractivity contribution in [1.82, 2.24) is 4.98 Å². The summed E-state index contributed by atoms with van der Waals surface area (Å²) >= 11 is 0. The Morgan fingerprint density at radius 1 is 1.15 bits per heavy atom. The number of carbonyl (C=O) groups excluding carboxylic acids is 1. The first-order valence-electron chi connectivity index (χ1n) is 8.59. The molecule has 1 aromatic carbocycles. The first-order chi connectivity index (χ1) is 13.1. The molecule has 0 aliphatic carbocycles. The van der Waals surface area contributed by atoms with Gasteiger partial charge in [-0.05, 0) is 25.1 Å². The van der Waals surface area contributed by atoms with Gasteiger partial charge in [0.05, 0.1) is 17.7 Å². The lowest BCUT2D eigenvalue weighted by Crippen LogP contribution is -2.27. The molecule has 1 aliphatic heterocycles. The van der Waals surface area contributed by atoms with Gasteiger partial charge in [-0.25, -0.2) is 4.79 Å². The molecule has 6 nitrogen and oxygen atoms in total. The normalized spacial score (nSPS) is 15.7. The lowest BCUT2D eigenvalue weighted by molar-refractivity contribution is -0.135. The highest BCUT2D eigenvalue weighted by molar-refractivity contribution is 5.77. The number of aromatic nitrogens is 1. The van der Waals surface area contributed by atoms with Crippen LogP contribution in [0.3, 0.4) is 0 Å². The van der Waals surface area contributed by atoms with Crippen LogP contribution in [0.4, 0.5) is 0 Å². The number of ether oxygens (including phenoxy) is 2. The van der Waals surface area contributed by atoms with Crippen LogP contribution in [0.25, 0.3) is 0 Å². The Balaban J connectivity index is 1.72. The molecule has 0 spiro atoms. The van der Waals surface area contributed by atoms with Crippen LogP contribution >= 0.6 is 0 Å². The van der Waals surface area contributed by atoms with E-state index in [1.54, 1.807) is 19.2 Å². The Morgan fingerprint density at radius 3 is 2.78 bits per heavy atom. The second-order valence-electron chi connectivity index (χ2n) is 6.30. The zero-order chi connectivity index (χ0) is 18.8. The number of rotatable bonds is 4. The molecule has 0 bridgehead atoms. The van der Waals surface area contributed by atoms with Crippen LogP contribution < -0.4 is 15.1 Å². The summed E-state index contributed by atoms with van der Waals surface area (Å²) in [6.45, 7) is 1.92. The number of hydrogen-bond acceptors (Lipinski definition) is 6. The molecular weight excluding hydrogens is 346 g/mol. The summed E-state index contributed by atoms with van der Waals surface area (Å²) in [4.78, 5) is 28.8. The number of pyridine rings is 1. The Labute approximate surface area is 155 Å². The fraction of sp³-hybridized carbons (Fsp3) is 0.190. The number of benzene rings is 1. The second kappa shape index (κ2) is 7.07. The van der Waals surface area contributed by atoms with Crippen LogP contribution in [-0.2, 0) is 11.4 Å². The summed E-state index contributed by atoms with van der Waals surface area (Å²) in [5.41, 5.74) is 1.37. The van der Waals surface area contributed by atoms with Crippen LogP contribution in [0.15, 0.2) is 63.9 Å². The summed E-state index contributed by atoms with van der Waals surface area (Å²) in [7, 11) is 0. The molecule has 4 rings (SSSR count). The first-order valence-corrected chi connectivity index (χ1v) is 8.59. The maximum Gasteiger partial charge on any atom is 0.343 e. The number of esters is 1. The molecule has 0 amide bonds. The van der Waals surface area contributed by atoms with Crippen LogP contribution in [-0.4, -0.2) is 11.0 Å². The number of fused-ring (bicyclic) bond motifs is 1. The van der Waals surface area contributed by atoms with Crippen molar-refractivity contribution in [3.8, 4) is 11.5 Å². The van der Waals surface area contributed by atoms with Crippen molar-refractivity contribution in [1.29, 1.82) is 0 Å². The van der Waals surface area contributed by atoms with Crippen molar-refractivity contribution in [2.75, 3.05) is 0 Å². The summed E-state index contributed by atoms with van der Waals surface area (Å²) in [6.07, 6.45) is 1.75. The number of carbonyl (C=O) groups is 1. The predicted molar refractivity (Wildman–Crippen MR) is 96.8 cm³/mol. The Kier molecular flexibility index (Phi) is 4.46. The van der Waals surface area contributed by atoms with E-state index in [2.05, 4.69) is 4.98 Å². The van der Waals surface area contributed by atoms with Gasteiger partial charge in [0, 0.05) is 23.7 Å². The van der Waals surface area contributed by atoms with E-state index >= 15 is 0 Å². The fourth-order valence-corrected chi connectivity index (χ4v) is 3.23. The molecule has 1 atom stereocenters. The van der Waals surface area contributed by atoms with Crippen LogP contribution in [0.5, 0.6) is 11.5 Å². The molecule has 6 heteroatoms. The van der Waals surface area contributed by atoms with Crippen molar-refractivity contribution in [2.45, 2.75) is 25.9 Å². The molecule has 1 aliphatic rings. The maximum atomic E-state index is 12.5. The molecule has 0 saturated carbocycles. The number of hydrogen-bond donors (Lipinski definition) is 0. The van der Waals surface area contributed by atoms with Gasteiger partial charge in [0.15, 0.2) is 0 Å². The molecule has 0 fully saturated rings. The van der Waals surface area contributed by atoms with Crippen molar-refractivity contribution in [2.24, 2.45) is 0 Å². The third-order valence-corrected chi connectivity index (χ3v) is 4.41. The van der Waals surface area contributed by atoms with Gasteiger partial charge in [-0.3, -0.25) is 9.78 Å². The van der Waals surface area contributed by atoms with E-state index in [0.717, 1.165) is 11.3 Å². The largest absolute Gasteiger partial charge is 0.487 e. The second-order valence-corrected chi connectivity index (χ2v) is 6.30. The van der Waals surface area contributed by atoms with Crippen LogP contribution in [0, 0.1) is 6.92 Å². The Hall–Kier alpha value is -3.41. The minimum absolute atomic E-state index is 0.0464. The third-order valence-electron chi connectivity index (χ3n) is 4.41. The van der Waals surface area contributed by atoms with E-state index in [0.29, 0.717) is 17.1 Å². The van der Waals surface area contributed by atoms with Crippen molar-refractivity contribution in [3.05, 3.63) is 87.7 Å². The zero-order valence-electron chi connectivity index (χ0n) is 14.7. The minimum Gasteiger partial charge on any atom is -0.487 e. The SMILES string of the molecule is Cc1cc2c(c(=O)o1)C(c1ccccc1OCc1ccccn1)CC(=O)O2. The monoisotopic (exact) mass is 363 g/mol. The van der Waals surface area contributed by atoms with E-state index in [1.807, 2.05) is 42.5 Å². The van der Waals surface area contributed by atoms with E-state index in [-0.39, 0.29) is 18.8 Å². The number of para-hydroxylation sites is 1. The molecule has 1 unspecified atom stereocenters. The number of aryl methyl sites for hydroxylation is 1. The topological polar surface area (TPSA) is 78.6 Å². The van der Waals surface area contributed by atoms with Gasteiger partial charge in [-0.15, -0.1) is 0 Å². The standard InChI is InChI=1S/C21H17NO5/c1-13-10-18-20(21(24)26-13)16(11-19(23)27-18)15-7-2-3-8-17(15)25-12-14-6-4-5-9-22-14/h2-10,16H,11-12H2,1H3. The molecule has 3 heterocycles. The molecule has 136 valence electrons. The summed E-state index contributed by atoms with van der Waals surface area (Å²) in [5.74, 6) is 0.361. The molecular formula is C21H17NO5. The van der Waals surface area contributed by atoms with Gasteiger partial charge in [-0.2, -0.15) is 0 Å². The van der Waals surface area contributed by atoms with Gasteiger partial charge in [-0.1, -0.05) is 24.3 Å². The van der Waals surface area contributed by atoms with Gasteiger partial charge < -0.3 is 13.9 Å². The highest BCUT2D eigenvalue weighted by Crippen LogP contribution is 2.40. The zero-order valence-corrected chi connectivity index (χ0v) is 14.7. The van der Waals surface area contributed by atoms with E-state index in [9.17, 15) is 9.59 Å². The smallest absolute Gasteiger partial charge is 0.343 e. The molecule has 0 N–H and O–H groups in total. The minimum atomic E-state index is -0.498. The summed E-state index contributed by atoms with van der Waals surface area (Å²) in [5, 5.41) is 0. The highest BCUT2D eigenvalue weighted by Gasteiger charge is 2.33. The molecule has 0 radical (unpaired) electrons. The Bertz CT molecular complexity index is 1040. The summed E-state index contributed by atoms with van der Waals surface area (Å²) in [6, 6.07) is 14.5. The van der Waals surface area contributed by atoms with Crippen LogP contribution in [0.1, 0.15) is 34.9 Å². The van der Waals surface area contributed by atoms with E-state index in [4.69, 9.17) is 13.9 Å². The van der Waals surface area contributed by atoms with Gasteiger partial charge in [0.25, 0.3) is 0 Å². The van der Waals surface area contributed by atoms with Gasteiger partial charge >= 0.3 is 11.6 Å². The van der Waals surface area contributed by atoms with Crippen molar-refractivity contribution in [3.63, 3.8) is 0 Å². The number of nitrogens with zero attached hydrogens (tertiary/aromatic N) is 1. The predicted octanol–water partition coefficient (Wildman–Crippen LogP) is 3.36. The van der Waals surface area contributed by atoms with Crippen LogP contribution in [0.2, 0.25) is 0 Å². The average molecular weight is 363 g/mol. The van der Waals surface area contributed by atoms with E-state index < -0.39 is 17.5 Å². The van der Waals surface area contributed by atoms with Gasteiger partial charge in [0.1, 0.15) is 23.9 Å². The van der Waals surface area contributed by atoms with E-state index in [1.165, 1.54) is 0 Å². The van der Waals surface area contributed by atoms with Crippen molar-refractivity contribution < 1.29 is 18.7 Å². The fourth-order valence-electron chi connectivity index (χ4n) is 3.23. The third kappa shape index (κ3) is 3.46. The summed E-state index contributed by atoms with van der Waals surface area (Å²) < 4.78 is 16.4.